The minimum absolute atomic E-state index is 0.0609. The van der Waals surface area contributed by atoms with Gasteiger partial charge in [-0.3, -0.25) is 9.52 Å². The summed E-state index contributed by atoms with van der Waals surface area (Å²) in [5.74, 6) is -0.685. The zero-order valence-corrected chi connectivity index (χ0v) is 14.7. The Hall–Kier alpha value is -2.35. The number of hydrogen-bond donors (Lipinski definition) is 1. The van der Waals surface area contributed by atoms with Crippen LogP contribution in [0.2, 0.25) is 0 Å². The molecule has 8 heteroatoms. The Bertz CT molecular complexity index is 857. The maximum atomic E-state index is 14.1. The van der Waals surface area contributed by atoms with Crippen molar-refractivity contribution in [3.05, 3.63) is 48.5 Å². The number of anilines is 1. The lowest BCUT2D eigenvalue weighted by Gasteiger charge is -2.31. The number of hydrogen-bond acceptors (Lipinski definition) is 3. The highest BCUT2D eigenvalue weighted by Crippen LogP contribution is 2.24. The molecule has 25 heavy (non-hydrogen) atoms. The molecule has 1 saturated heterocycles. The van der Waals surface area contributed by atoms with E-state index in [0.29, 0.717) is 31.6 Å². The number of sulfonamides is 1. The van der Waals surface area contributed by atoms with Crippen molar-refractivity contribution in [2.75, 3.05) is 17.8 Å². The summed E-state index contributed by atoms with van der Waals surface area (Å²) in [5, 5.41) is -0.641. The Kier molecular flexibility index (Phi) is 4.80. The smallest absolute Gasteiger partial charge is 0.235 e. The van der Waals surface area contributed by atoms with Gasteiger partial charge in [0, 0.05) is 38.1 Å². The average Bonchev–Trinajstić information content (AvgIpc) is 3.11. The summed E-state index contributed by atoms with van der Waals surface area (Å²) in [6.07, 6.45) is 4.27. The Labute approximate surface area is 146 Å². The number of benzene rings is 1. The minimum atomic E-state index is -3.73. The van der Waals surface area contributed by atoms with E-state index in [2.05, 4.69) is 4.72 Å². The van der Waals surface area contributed by atoms with Gasteiger partial charge in [-0.2, -0.15) is 0 Å². The first-order valence-corrected chi connectivity index (χ1v) is 9.61. The van der Waals surface area contributed by atoms with Crippen LogP contribution in [0.3, 0.4) is 0 Å². The lowest BCUT2D eigenvalue weighted by Crippen LogP contribution is -2.43. The summed E-state index contributed by atoms with van der Waals surface area (Å²) >= 11 is 0. The highest BCUT2D eigenvalue weighted by molar-refractivity contribution is 7.93. The second-order valence-corrected chi connectivity index (χ2v) is 8.07. The van der Waals surface area contributed by atoms with Crippen LogP contribution in [-0.4, -0.2) is 42.1 Å². The Morgan fingerprint density at radius 3 is 2.44 bits per heavy atom. The maximum Gasteiger partial charge on any atom is 0.235 e. The minimum Gasteiger partial charge on any atom is -0.343 e. The standard InChI is InChI=1S/C17H20FN3O3S/c1-13(22)20-10-6-15(7-11-20)25(23,24)19-17-12-14(4-5-16(17)18)21-8-2-3-9-21/h2-5,8-9,12,15,19H,6-7,10-11H2,1H3. The maximum absolute atomic E-state index is 14.1. The van der Waals surface area contributed by atoms with Crippen molar-refractivity contribution in [2.24, 2.45) is 0 Å². The number of nitrogens with one attached hydrogen (secondary N) is 1. The van der Waals surface area contributed by atoms with Crippen LogP contribution in [0.1, 0.15) is 19.8 Å². The van der Waals surface area contributed by atoms with E-state index in [1.165, 1.54) is 19.1 Å². The van der Waals surface area contributed by atoms with E-state index in [-0.39, 0.29) is 11.6 Å². The van der Waals surface area contributed by atoms with Crippen LogP contribution in [0.4, 0.5) is 10.1 Å². The van der Waals surface area contributed by atoms with Gasteiger partial charge in [0.2, 0.25) is 15.9 Å². The molecule has 0 atom stereocenters. The number of aromatic nitrogens is 1. The number of carbonyl (C=O) groups is 1. The van der Waals surface area contributed by atoms with Gasteiger partial charge in [-0.05, 0) is 43.2 Å². The number of halogens is 1. The molecule has 0 unspecified atom stereocenters. The van der Waals surface area contributed by atoms with Crippen molar-refractivity contribution in [1.82, 2.24) is 9.47 Å². The molecule has 0 aliphatic carbocycles. The first-order chi connectivity index (χ1) is 11.9. The summed E-state index contributed by atoms with van der Waals surface area (Å²) in [7, 11) is -3.73. The number of nitrogens with zero attached hydrogens (tertiary/aromatic N) is 2. The molecule has 1 amide bonds. The van der Waals surface area contributed by atoms with E-state index < -0.39 is 21.1 Å². The van der Waals surface area contributed by atoms with E-state index in [1.54, 1.807) is 27.9 Å². The van der Waals surface area contributed by atoms with Gasteiger partial charge in [-0.15, -0.1) is 0 Å². The highest BCUT2D eigenvalue weighted by Gasteiger charge is 2.31. The van der Waals surface area contributed by atoms with Gasteiger partial charge in [0.25, 0.3) is 0 Å². The second-order valence-electron chi connectivity index (χ2n) is 6.11. The van der Waals surface area contributed by atoms with Gasteiger partial charge in [-0.25, -0.2) is 12.8 Å². The molecule has 1 N–H and O–H groups in total. The van der Waals surface area contributed by atoms with Crippen molar-refractivity contribution in [3.8, 4) is 5.69 Å². The molecule has 2 heterocycles. The van der Waals surface area contributed by atoms with Crippen LogP contribution in [-0.2, 0) is 14.8 Å². The van der Waals surface area contributed by atoms with E-state index in [0.717, 1.165) is 0 Å². The third kappa shape index (κ3) is 3.84. The van der Waals surface area contributed by atoms with Crippen molar-refractivity contribution in [2.45, 2.75) is 25.0 Å². The second kappa shape index (κ2) is 6.87. The molecule has 3 rings (SSSR count). The fourth-order valence-electron chi connectivity index (χ4n) is 2.98. The van der Waals surface area contributed by atoms with Crippen molar-refractivity contribution < 1.29 is 17.6 Å². The molecular formula is C17H20FN3O3S. The Morgan fingerprint density at radius 2 is 1.84 bits per heavy atom. The van der Waals surface area contributed by atoms with Crippen LogP contribution in [0, 0.1) is 5.82 Å². The lowest BCUT2D eigenvalue weighted by molar-refractivity contribution is -0.129. The fraction of sp³-hybridized carbons (Fsp3) is 0.353. The number of amides is 1. The van der Waals surface area contributed by atoms with Crippen LogP contribution < -0.4 is 4.72 Å². The Morgan fingerprint density at radius 1 is 1.20 bits per heavy atom. The predicted octanol–water partition coefficient (Wildman–Crippen LogP) is 2.37. The molecule has 1 aromatic heterocycles. The largest absolute Gasteiger partial charge is 0.343 e. The summed E-state index contributed by atoms with van der Waals surface area (Å²) in [4.78, 5) is 13.0. The van der Waals surface area contributed by atoms with Crippen LogP contribution >= 0.6 is 0 Å². The predicted molar refractivity (Wildman–Crippen MR) is 93.5 cm³/mol. The summed E-state index contributed by atoms with van der Waals surface area (Å²) in [6, 6.07) is 7.95. The highest BCUT2D eigenvalue weighted by atomic mass is 32.2. The number of carbonyl (C=O) groups excluding carboxylic acids is 1. The molecule has 134 valence electrons. The zero-order chi connectivity index (χ0) is 18.0. The molecule has 1 aromatic carbocycles. The van der Waals surface area contributed by atoms with E-state index in [9.17, 15) is 17.6 Å². The number of piperidine rings is 1. The summed E-state index contributed by atoms with van der Waals surface area (Å²) in [6.45, 7) is 2.26. The molecule has 0 saturated carbocycles. The van der Waals surface area contributed by atoms with Crippen molar-refractivity contribution in [3.63, 3.8) is 0 Å². The third-order valence-corrected chi connectivity index (χ3v) is 6.28. The molecule has 1 fully saturated rings. The van der Waals surface area contributed by atoms with Crippen LogP contribution in [0.15, 0.2) is 42.7 Å². The van der Waals surface area contributed by atoms with E-state index in [1.807, 2.05) is 12.1 Å². The quantitative estimate of drug-likeness (QED) is 0.904. The van der Waals surface area contributed by atoms with Crippen molar-refractivity contribution >= 4 is 21.6 Å². The van der Waals surface area contributed by atoms with Gasteiger partial charge >= 0.3 is 0 Å². The molecule has 0 radical (unpaired) electrons. The monoisotopic (exact) mass is 365 g/mol. The van der Waals surface area contributed by atoms with Crippen LogP contribution in [0.25, 0.3) is 5.69 Å². The first kappa shape index (κ1) is 17.5. The molecule has 2 aromatic rings. The van der Waals surface area contributed by atoms with E-state index in [4.69, 9.17) is 0 Å². The average molecular weight is 365 g/mol. The number of likely N-dealkylation sites (tertiary alicyclic amines) is 1. The Balaban J connectivity index is 1.77. The van der Waals surface area contributed by atoms with Gasteiger partial charge in [0.1, 0.15) is 5.82 Å². The van der Waals surface area contributed by atoms with Gasteiger partial charge in [0.05, 0.1) is 10.9 Å². The number of rotatable bonds is 4. The van der Waals surface area contributed by atoms with Gasteiger partial charge in [0.15, 0.2) is 0 Å². The molecule has 1 aliphatic rings. The molecule has 0 spiro atoms. The van der Waals surface area contributed by atoms with Crippen LogP contribution in [0.5, 0.6) is 0 Å². The molecule has 0 bridgehead atoms. The van der Waals surface area contributed by atoms with E-state index >= 15 is 0 Å². The fourth-order valence-corrected chi connectivity index (χ4v) is 4.44. The molecule has 6 nitrogen and oxygen atoms in total. The summed E-state index contributed by atoms with van der Waals surface area (Å²) < 4.78 is 43.4. The first-order valence-electron chi connectivity index (χ1n) is 8.07. The molecular weight excluding hydrogens is 345 g/mol. The van der Waals surface area contributed by atoms with Gasteiger partial charge < -0.3 is 9.47 Å². The third-order valence-electron chi connectivity index (χ3n) is 4.43. The SMILES string of the molecule is CC(=O)N1CCC(S(=O)(=O)Nc2cc(-n3cccc3)ccc2F)CC1. The van der Waals surface area contributed by atoms with Gasteiger partial charge in [-0.1, -0.05) is 0 Å². The molecule has 1 aliphatic heterocycles. The lowest BCUT2D eigenvalue weighted by atomic mass is 10.1. The summed E-state index contributed by atoms with van der Waals surface area (Å²) in [5.41, 5.74) is 0.593. The normalized spacial score (nSPS) is 16.0. The van der Waals surface area contributed by atoms with Crippen molar-refractivity contribution in [1.29, 1.82) is 0 Å². The topological polar surface area (TPSA) is 71.4 Å². The zero-order valence-electron chi connectivity index (χ0n) is 13.9.